The molecule has 1 saturated carbocycles. The highest BCUT2D eigenvalue weighted by Crippen LogP contribution is 2.42. The van der Waals surface area contributed by atoms with Crippen molar-refractivity contribution in [2.75, 3.05) is 0 Å². The summed E-state index contributed by atoms with van der Waals surface area (Å²) in [5.41, 5.74) is 0. The van der Waals surface area contributed by atoms with E-state index in [1.54, 1.807) is 35.9 Å². The molecule has 2 heterocycles. The number of sulfonamides is 1. The number of nitrogens with zero attached hydrogens (tertiary/aromatic N) is 2. The number of rotatable bonds is 5. The smallest absolute Gasteiger partial charge is 0.242 e. The molecule has 2 aromatic heterocycles. The topological polar surface area (TPSA) is 72.0 Å². The molecule has 0 saturated heterocycles. The zero-order chi connectivity index (χ0) is 14.2. The third-order valence-corrected chi connectivity index (χ3v) is 5.65. The second kappa shape index (κ2) is 5.23. The van der Waals surface area contributed by atoms with Gasteiger partial charge in [-0.1, -0.05) is 0 Å². The van der Waals surface area contributed by atoms with Gasteiger partial charge in [0, 0.05) is 23.5 Å². The lowest BCUT2D eigenvalue weighted by Crippen LogP contribution is -2.30. The minimum atomic E-state index is -3.55. The molecule has 1 aliphatic carbocycles. The summed E-state index contributed by atoms with van der Waals surface area (Å²) < 4.78 is 27.5. The number of aryl methyl sites for hydroxylation is 1. The molecular weight excluding hydrogens is 294 g/mol. The zero-order valence-corrected chi connectivity index (χ0v) is 12.6. The van der Waals surface area contributed by atoms with Gasteiger partial charge in [-0.3, -0.25) is 4.98 Å². The lowest BCUT2D eigenvalue weighted by Gasteiger charge is -2.15. The van der Waals surface area contributed by atoms with Crippen LogP contribution in [-0.2, 0) is 10.0 Å². The van der Waals surface area contributed by atoms with Crippen LogP contribution in [0.1, 0.15) is 28.8 Å². The summed E-state index contributed by atoms with van der Waals surface area (Å²) in [6.07, 6.45) is 6.78. The SMILES string of the molecule is Cc1cnc(C(NS(=O)(=O)c2cccnc2)C2CC2)s1. The zero-order valence-electron chi connectivity index (χ0n) is 11.0. The molecule has 1 atom stereocenters. The van der Waals surface area contributed by atoms with E-state index >= 15 is 0 Å². The monoisotopic (exact) mass is 309 g/mol. The van der Waals surface area contributed by atoms with E-state index in [-0.39, 0.29) is 10.9 Å². The van der Waals surface area contributed by atoms with Crippen molar-refractivity contribution in [2.24, 2.45) is 5.92 Å². The van der Waals surface area contributed by atoms with E-state index in [4.69, 9.17) is 0 Å². The maximum Gasteiger partial charge on any atom is 0.242 e. The van der Waals surface area contributed by atoms with Crippen LogP contribution in [0, 0.1) is 12.8 Å². The fourth-order valence-electron chi connectivity index (χ4n) is 2.04. The molecule has 106 valence electrons. The van der Waals surface area contributed by atoms with Crippen LogP contribution in [0.25, 0.3) is 0 Å². The molecular formula is C13H15N3O2S2. The number of thiazole rings is 1. The van der Waals surface area contributed by atoms with Crippen molar-refractivity contribution < 1.29 is 8.42 Å². The van der Waals surface area contributed by atoms with Crippen molar-refractivity contribution in [1.29, 1.82) is 0 Å². The lowest BCUT2D eigenvalue weighted by molar-refractivity contribution is 0.527. The third kappa shape index (κ3) is 2.89. The molecule has 3 rings (SSSR count). The predicted octanol–water partition coefficient (Wildman–Crippen LogP) is 2.28. The Labute approximate surface area is 122 Å². The molecule has 0 bridgehead atoms. The minimum absolute atomic E-state index is 0.193. The average Bonchev–Trinajstić information content (AvgIpc) is 3.19. The summed E-state index contributed by atoms with van der Waals surface area (Å²) in [4.78, 5) is 9.48. The van der Waals surface area contributed by atoms with Gasteiger partial charge in [-0.15, -0.1) is 11.3 Å². The van der Waals surface area contributed by atoms with Crippen LogP contribution >= 0.6 is 11.3 Å². The fourth-order valence-corrected chi connectivity index (χ4v) is 4.26. The normalized spacial score (nSPS) is 17.1. The Bertz CT molecular complexity index is 693. The Morgan fingerprint density at radius 2 is 2.20 bits per heavy atom. The predicted molar refractivity (Wildman–Crippen MR) is 76.9 cm³/mol. The van der Waals surface area contributed by atoms with Crippen molar-refractivity contribution in [1.82, 2.24) is 14.7 Å². The molecule has 0 amide bonds. The highest BCUT2D eigenvalue weighted by atomic mass is 32.2. The first-order valence-corrected chi connectivity index (χ1v) is 8.71. The molecule has 7 heteroatoms. The second-order valence-electron chi connectivity index (χ2n) is 4.93. The van der Waals surface area contributed by atoms with E-state index in [2.05, 4.69) is 14.7 Å². The van der Waals surface area contributed by atoms with Gasteiger partial charge in [0.15, 0.2) is 0 Å². The van der Waals surface area contributed by atoms with Crippen molar-refractivity contribution in [3.05, 3.63) is 40.6 Å². The molecule has 0 aromatic carbocycles. The Balaban J connectivity index is 1.87. The number of pyridine rings is 1. The summed E-state index contributed by atoms with van der Waals surface area (Å²) in [6.45, 7) is 1.97. The quantitative estimate of drug-likeness (QED) is 0.919. The van der Waals surface area contributed by atoms with Gasteiger partial charge < -0.3 is 0 Å². The van der Waals surface area contributed by atoms with Gasteiger partial charge in [0.05, 0.1) is 6.04 Å². The molecule has 1 fully saturated rings. The molecule has 0 radical (unpaired) electrons. The second-order valence-corrected chi connectivity index (χ2v) is 7.91. The Morgan fingerprint density at radius 3 is 2.75 bits per heavy atom. The highest BCUT2D eigenvalue weighted by molar-refractivity contribution is 7.89. The molecule has 0 aliphatic heterocycles. The number of hydrogen-bond donors (Lipinski definition) is 1. The Hall–Kier alpha value is -1.31. The first-order chi connectivity index (χ1) is 9.56. The summed E-state index contributed by atoms with van der Waals surface area (Å²) >= 11 is 1.55. The van der Waals surface area contributed by atoms with Crippen molar-refractivity contribution >= 4 is 21.4 Å². The highest BCUT2D eigenvalue weighted by Gasteiger charge is 2.37. The van der Waals surface area contributed by atoms with E-state index in [0.717, 1.165) is 22.7 Å². The van der Waals surface area contributed by atoms with Crippen LogP contribution < -0.4 is 4.72 Å². The largest absolute Gasteiger partial charge is 0.263 e. The molecule has 1 N–H and O–H groups in total. The molecule has 0 spiro atoms. The van der Waals surface area contributed by atoms with Crippen LogP contribution in [0.15, 0.2) is 35.6 Å². The summed E-state index contributed by atoms with van der Waals surface area (Å²) in [5, 5.41) is 0.845. The maximum absolute atomic E-state index is 12.4. The van der Waals surface area contributed by atoms with Gasteiger partial charge in [-0.2, -0.15) is 0 Å². The standard InChI is InChI=1S/C13H15N3O2S2/c1-9-7-15-13(19-9)12(10-4-5-10)16-20(17,18)11-3-2-6-14-8-11/h2-3,6-8,10,12,16H,4-5H2,1H3. The van der Waals surface area contributed by atoms with Crippen molar-refractivity contribution in [3.63, 3.8) is 0 Å². The van der Waals surface area contributed by atoms with Crippen LogP contribution in [0.3, 0.4) is 0 Å². The van der Waals surface area contributed by atoms with E-state index in [1.165, 1.54) is 6.20 Å². The van der Waals surface area contributed by atoms with Gasteiger partial charge in [0.1, 0.15) is 9.90 Å². The van der Waals surface area contributed by atoms with Crippen LogP contribution in [-0.4, -0.2) is 18.4 Å². The van der Waals surface area contributed by atoms with E-state index < -0.39 is 10.0 Å². The Morgan fingerprint density at radius 1 is 1.40 bits per heavy atom. The van der Waals surface area contributed by atoms with E-state index in [9.17, 15) is 8.42 Å². The van der Waals surface area contributed by atoms with Crippen LogP contribution in [0.5, 0.6) is 0 Å². The summed E-state index contributed by atoms with van der Waals surface area (Å²) in [6, 6.07) is 2.94. The van der Waals surface area contributed by atoms with Gasteiger partial charge in [0.25, 0.3) is 0 Å². The van der Waals surface area contributed by atoms with Gasteiger partial charge in [-0.05, 0) is 37.8 Å². The number of nitrogens with one attached hydrogen (secondary N) is 1. The number of hydrogen-bond acceptors (Lipinski definition) is 5. The van der Waals surface area contributed by atoms with Crippen molar-refractivity contribution in [2.45, 2.75) is 30.7 Å². The third-order valence-electron chi connectivity index (χ3n) is 3.23. The first-order valence-electron chi connectivity index (χ1n) is 6.41. The molecule has 1 unspecified atom stereocenters. The molecule has 5 nitrogen and oxygen atoms in total. The molecule has 1 aliphatic rings. The van der Waals surface area contributed by atoms with Crippen LogP contribution in [0.2, 0.25) is 0 Å². The summed E-state index contributed by atoms with van der Waals surface area (Å²) in [5.74, 6) is 0.354. The fraction of sp³-hybridized carbons (Fsp3) is 0.385. The minimum Gasteiger partial charge on any atom is -0.263 e. The molecule has 2 aromatic rings. The molecule has 20 heavy (non-hydrogen) atoms. The maximum atomic E-state index is 12.4. The van der Waals surface area contributed by atoms with Gasteiger partial charge in [0.2, 0.25) is 10.0 Å². The Kier molecular flexibility index (Phi) is 3.57. The van der Waals surface area contributed by atoms with Gasteiger partial charge >= 0.3 is 0 Å². The van der Waals surface area contributed by atoms with Crippen molar-refractivity contribution in [3.8, 4) is 0 Å². The van der Waals surface area contributed by atoms with E-state index in [0.29, 0.717) is 5.92 Å². The van der Waals surface area contributed by atoms with Crippen LogP contribution in [0.4, 0.5) is 0 Å². The lowest BCUT2D eigenvalue weighted by atomic mass is 10.2. The summed E-state index contributed by atoms with van der Waals surface area (Å²) in [7, 11) is -3.55. The number of aromatic nitrogens is 2. The van der Waals surface area contributed by atoms with E-state index in [1.807, 2.05) is 6.92 Å². The average molecular weight is 309 g/mol. The van der Waals surface area contributed by atoms with Gasteiger partial charge in [-0.25, -0.2) is 18.1 Å². The first kappa shape index (κ1) is 13.7.